The minimum Gasteiger partial charge on any atom is -0.491 e. The van der Waals surface area contributed by atoms with Gasteiger partial charge in [0.15, 0.2) is 0 Å². The molecule has 0 aliphatic heterocycles. The number of hydrogen-bond donors (Lipinski definition) is 1. The normalized spacial score (nSPS) is 11.6. The van der Waals surface area contributed by atoms with Gasteiger partial charge in [0.2, 0.25) is 0 Å². The molecule has 0 amide bonds. The zero-order chi connectivity index (χ0) is 12.2. The summed E-state index contributed by atoms with van der Waals surface area (Å²) < 4.78 is 40.7. The average molecular weight is 254 g/mol. The van der Waals surface area contributed by atoms with Crippen LogP contribution in [0.15, 0.2) is 18.2 Å². The first-order chi connectivity index (χ1) is 7.44. The fraction of sp³-hybridized carbons (Fsp3) is 0.400. The van der Waals surface area contributed by atoms with Gasteiger partial charge in [0.1, 0.15) is 5.75 Å². The summed E-state index contributed by atoms with van der Waals surface area (Å²) in [6.45, 7) is -0.290. The Balaban J connectivity index is 2.66. The number of para-hydroxylation sites is 1. The Bertz CT molecular complexity index is 354. The van der Waals surface area contributed by atoms with Crippen LogP contribution >= 0.6 is 11.6 Å². The second kappa shape index (κ2) is 5.41. The Kier molecular flexibility index (Phi) is 4.44. The Morgan fingerprint density at radius 3 is 2.56 bits per heavy atom. The number of rotatable bonds is 4. The van der Waals surface area contributed by atoms with Crippen LogP contribution in [0.2, 0.25) is 5.02 Å². The standard InChI is InChI=1S/C10H11ClF3NO/c11-8-3-1-2-7(6-15)9(8)16-5-4-10(12,13)14/h1-3H,4-6,15H2. The monoisotopic (exact) mass is 253 g/mol. The van der Waals surface area contributed by atoms with E-state index >= 15 is 0 Å². The van der Waals surface area contributed by atoms with Gasteiger partial charge in [0.25, 0.3) is 0 Å². The molecule has 6 heteroatoms. The van der Waals surface area contributed by atoms with Crippen molar-refractivity contribution in [3.63, 3.8) is 0 Å². The van der Waals surface area contributed by atoms with E-state index in [1.54, 1.807) is 18.2 Å². The fourth-order valence-corrected chi connectivity index (χ4v) is 1.39. The summed E-state index contributed by atoms with van der Waals surface area (Å²) in [7, 11) is 0. The van der Waals surface area contributed by atoms with Gasteiger partial charge in [-0.1, -0.05) is 23.7 Å². The van der Waals surface area contributed by atoms with Crippen molar-refractivity contribution in [1.82, 2.24) is 0 Å². The highest BCUT2D eigenvalue weighted by Crippen LogP contribution is 2.29. The van der Waals surface area contributed by atoms with Gasteiger partial charge in [-0.25, -0.2) is 0 Å². The highest BCUT2D eigenvalue weighted by Gasteiger charge is 2.27. The summed E-state index contributed by atoms with van der Waals surface area (Å²) in [5, 5.41) is 0.269. The van der Waals surface area contributed by atoms with E-state index < -0.39 is 19.2 Å². The third kappa shape index (κ3) is 3.90. The van der Waals surface area contributed by atoms with Crippen molar-refractivity contribution in [3.8, 4) is 5.75 Å². The van der Waals surface area contributed by atoms with Crippen LogP contribution in [0.25, 0.3) is 0 Å². The number of ether oxygens (including phenoxy) is 1. The molecule has 0 fully saturated rings. The first-order valence-electron chi connectivity index (χ1n) is 4.61. The quantitative estimate of drug-likeness (QED) is 0.895. The lowest BCUT2D eigenvalue weighted by Gasteiger charge is -2.12. The van der Waals surface area contributed by atoms with Crippen LogP contribution in [-0.4, -0.2) is 12.8 Å². The Hall–Kier alpha value is -0.940. The molecule has 16 heavy (non-hydrogen) atoms. The zero-order valence-electron chi connectivity index (χ0n) is 8.35. The molecule has 0 aliphatic carbocycles. The molecule has 1 aromatic carbocycles. The van der Waals surface area contributed by atoms with E-state index in [1.165, 1.54) is 0 Å². The SMILES string of the molecule is NCc1cccc(Cl)c1OCCC(F)(F)F. The fourth-order valence-electron chi connectivity index (χ4n) is 1.14. The molecule has 90 valence electrons. The number of hydrogen-bond acceptors (Lipinski definition) is 2. The highest BCUT2D eigenvalue weighted by atomic mass is 35.5. The van der Waals surface area contributed by atoms with Crippen LogP contribution < -0.4 is 10.5 Å². The average Bonchev–Trinajstić information content (AvgIpc) is 2.18. The van der Waals surface area contributed by atoms with E-state index in [9.17, 15) is 13.2 Å². The largest absolute Gasteiger partial charge is 0.491 e. The minimum absolute atomic E-state index is 0.169. The van der Waals surface area contributed by atoms with Crippen LogP contribution in [0.4, 0.5) is 13.2 Å². The molecule has 0 radical (unpaired) electrons. The summed E-state index contributed by atoms with van der Waals surface area (Å²) in [4.78, 5) is 0. The van der Waals surface area contributed by atoms with E-state index in [0.29, 0.717) is 5.56 Å². The Labute approximate surface area is 96.1 Å². The lowest BCUT2D eigenvalue weighted by atomic mass is 10.2. The summed E-state index contributed by atoms with van der Waals surface area (Å²) >= 11 is 5.80. The molecule has 0 spiro atoms. The van der Waals surface area contributed by atoms with Crippen molar-refractivity contribution in [3.05, 3.63) is 28.8 Å². The number of halogens is 4. The van der Waals surface area contributed by atoms with Gasteiger partial charge < -0.3 is 10.5 Å². The molecule has 0 aliphatic rings. The minimum atomic E-state index is -4.23. The first-order valence-corrected chi connectivity index (χ1v) is 4.99. The molecule has 2 N–H and O–H groups in total. The van der Waals surface area contributed by atoms with E-state index in [1.807, 2.05) is 0 Å². The molecule has 1 rings (SSSR count). The summed E-state index contributed by atoms with van der Waals surface area (Å²) in [5.41, 5.74) is 6.01. The first kappa shape index (κ1) is 13.1. The van der Waals surface area contributed by atoms with Gasteiger partial charge in [-0.2, -0.15) is 13.2 Å². The van der Waals surface area contributed by atoms with Gasteiger partial charge in [0, 0.05) is 12.1 Å². The van der Waals surface area contributed by atoms with Crippen molar-refractivity contribution in [2.24, 2.45) is 5.73 Å². The molecule has 0 heterocycles. The van der Waals surface area contributed by atoms with Crippen LogP contribution in [0.1, 0.15) is 12.0 Å². The van der Waals surface area contributed by atoms with Gasteiger partial charge in [-0.15, -0.1) is 0 Å². The summed E-state index contributed by atoms with van der Waals surface area (Å²) in [6, 6.07) is 4.87. The summed E-state index contributed by atoms with van der Waals surface area (Å²) in [5.74, 6) is 0.232. The van der Waals surface area contributed by atoms with Gasteiger partial charge in [-0.3, -0.25) is 0 Å². The molecule has 0 aromatic heterocycles. The van der Waals surface area contributed by atoms with Crippen LogP contribution in [0, 0.1) is 0 Å². The molecular weight excluding hydrogens is 243 g/mol. The Morgan fingerprint density at radius 1 is 1.31 bits per heavy atom. The molecule has 0 atom stereocenters. The number of benzene rings is 1. The molecular formula is C10H11ClF3NO. The van der Waals surface area contributed by atoms with Crippen molar-refractivity contribution >= 4 is 11.6 Å². The third-order valence-corrected chi connectivity index (χ3v) is 2.20. The van der Waals surface area contributed by atoms with Crippen molar-refractivity contribution in [1.29, 1.82) is 0 Å². The van der Waals surface area contributed by atoms with Crippen molar-refractivity contribution < 1.29 is 17.9 Å². The summed E-state index contributed by atoms with van der Waals surface area (Å²) in [6.07, 6.45) is -5.24. The second-order valence-electron chi connectivity index (χ2n) is 3.15. The molecule has 0 unspecified atom stereocenters. The number of alkyl halides is 3. The van der Waals surface area contributed by atoms with Crippen molar-refractivity contribution in [2.45, 2.75) is 19.1 Å². The maximum absolute atomic E-state index is 11.9. The van der Waals surface area contributed by atoms with E-state index in [0.717, 1.165) is 0 Å². The van der Waals surface area contributed by atoms with Crippen LogP contribution in [0.5, 0.6) is 5.75 Å². The molecule has 0 bridgehead atoms. The van der Waals surface area contributed by atoms with Crippen LogP contribution in [0.3, 0.4) is 0 Å². The van der Waals surface area contributed by atoms with E-state index in [2.05, 4.69) is 0 Å². The zero-order valence-corrected chi connectivity index (χ0v) is 9.11. The highest BCUT2D eigenvalue weighted by molar-refractivity contribution is 6.32. The molecule has 2 nitrogen and oxygen atoms in total. The second-order valence-corrected chi connectivity index (χ2v) is 3.55. The van der Waals surface area contributed by atoms with Gasteiger partial charge in [-0.05, 0) is 6.07 Å². The maximum Gasteiger partial charge on any atom is 0.392 e. The smallest absolute Gasteiger partial charge is 0.392 e. The van der Waals surface area contributed by atoms with Gasteiger partial charge >= 0.3 is 6.18 Å². The molecule has 1 aromatic rings. The topological polar surface area (TPSA) is 35.2 Å². The molecule has 0 saturated carbocycles. The lowest BCUT2D eigenvalue weighted by molar-refractivity contribution is -0.139. The lowest BCUT2D eigenvalue weighted by Crippen LogP contribution is -2.14. The predicted octanol–water partition coefficient (Wildman–Crippen LogP) is 3.13. The van der Waals surface area contributed by atoms with Gasteiger partial charge in [0.05, 0.1) is 18.1 Å². The molecule has 0 saturated heterocycles. The van der Waals surface area contributed by atoms with Crippen LogP contribution in [-0.2, 0) is 6.54 Å². The van der Waals surface area contributed by atoms with E-state index in [-0.39, 0.29) is 17.3 Å². The maximum atomic E-state index is 11.9. The Morgan fingerprint density at radius 2 is 2.00 bits per heavy atom. The number of nitrogens with two attached hydrogens (primary N) is 1. The van der Waals surface area contributed by atoms with Crippen molar-refractivity contribution in [2.75, 3.05) is 6.61 Å². The van der Waals surface area contributed by atoms with E-state index in [4.69, 9.17) is 22.1 Å². The predicted molar refractivity (Wildman–Crippen MR) is 55.5 cm³/mol. The third-order valence-electron chi connectivity index (χ3n) is 1.90.